The van der Waals surface area contributed by atoms with Crippen LogP contribution in [0.25, 0.3) is 0 Å². The van der Waals surface area contributed by atoms with Crippen LogP contribution in [-0.2, 0) is 12.8 Å². The lowest BCUT2D eigenvalue weighted by Crippen LogP contribution is -2.23. The number of aryl methyl sites for hydroxylation is 2. The monoisotopic (exact) mass is 273 g/mol. The maximum atomic E-state index is 3.62. The maximum absolute atomic E-state index is 3.62. The SMILES string of the molecule is CCc1ccc(CC)c(C(NC)C2C(C)(C)C2(C)C)c1. The molecule has 1 aromatic rings. The van der Waals surface area contributed by atoms with Crippen molar-refractivity contribution in [1.29, 1.82) is 0 Å². The third-order valence-electron chi connectivity index (χ3n) is 6.11. The molecule has 1 nitrogen and oxygen atoms in total. The zero-order valence-corrected chi connectivity index (χ0v) is 14.3. The first-order valence-corrected chi connectivity index (χ1v) is 8.10. The molecule has 0 heterocycles. The van der Waals surface area contributed by atoms with E-state index in [-0.39, 0.29) is 0 Å². The van der Waals surface area contributed by atoms with Gasteiger partial charge in [-0.3, -0.25) is 0 Å². The summed E-state index contributed by atoms with van der Waals surface area (Å²) >= 11 is 0. The molecule has 0 saturated heterocycles. The Labute approximate surface area is 125 Å². The lowest BCUT2D eigenvalue weighted by Gasteiger charge is -2.23. The highest BCUT2D eigenvalue weighted by atomic mass is 14.9. The van der Waals surface area contributed by atoms with Crippen LogP contribution in [0.3, 0.4) is 0 Å². The number of nitrogens with one attached hydrogen (secondary N) is 1. The molecule has 1 aliphatic carbocycles. The fourth-order valence-corrected chi connectivity index (χ4v) is 4.06. The summed E-state index contributed by atoms with van der Waals surface area (Å²) in [6, 6.07) is 7.53. The summed E-state index contributed by atoms with van der Waals surface area (Å²) in [6.07, 6.45) is 2.23. The summed E-state index contributed by atoms with van der Waals surface area (Å²) in [4.78, 5) is 0. The first kappa shape index (κ1) is 15.6. The largest absolute Gasteiger partial charge is 0.313 e. The van der Waals surface area contributed by atoms with E-state index in [9.17, 15) is 0 Å². The smallest absolute Gasteiger partial charge is 0.0359 e. The predicted octanol–water partition coefficient (Wildman–Crippen LogP) is 4.75. The summed E-state index contributed by atoms with van der Waals surface area (Å²) in [7, 11) is 2.12. The van der Waals surface area contributed by atoms with Gasteiger partial charge >= 0.3 is 0 Å². The molecule has 112 valence electrons. The Morgan fingerprint density at radius 2 is 1.65 bits per heavy atom. The maximum Gasteiger partial charge on any atom is 0.0359 e. The Kier molecular flexibility index (Phi) is 4.03. The predicted molar refractivity (Wildman–Crippen MR) is 88.1 cm³/mol. The molecule has 0 bridgehead atoms. The van der Waals surface area contributed by atoms with Crippen LogP contribution in [0, 0.1) is 16.7 Å². The van der Waals surface area contributed by atoms with Crippen molar-refractivity contribution in [3.8, 4) is 0 Å². The first-order valence-electron chi connectivity index (χ1n) is 8.10. The molecule has 0 radical (unpaired) electrons. The van der Waals surface area contributed by atoms with Crippen molar-refractivity contribution in [3.05, 3.63) is 34.9 Å². The molecular formula is C19H31N. The summed E-state index contributed by atoms with van der Waals surface area (Å²) in [5.41, 5.74) is 5.30. The van der Waals surface area contributed by atoms with Crippen LogP contribution in [0.5, 0.6) is 0 Å². The van der Waals surface area contributed by atoms with Gasteiger partial charge in [0, 0.05) is 6.04 Å². The van der Waals surface area contributed by atoms with Gasteiger partial charge in [-0.1, -0.05) is 59.7 Å². The third kappa shape index (κ3) is 2.20. The molecule has 1 heteroatoms. The summed E-state index contributed by atoms with van der Waals surface area (Å²) < 4.78 is 0. The Bertz CT molecular complexity index is 471. The van der Waals surface area contributed by atoms with Crippen molar-refractivity contribution < 1.29 is 0 Å². The van der Waals surface area contributed by atoms with Gasteiger partial charge in [0.25, 0.3) is 0 Å². The molecule has 0 amide bonds. The number of benzene rings is 1. The summed E-state index contributed by atoms with van der Waals surface area (Å²) in [5.74, 6) is 0.706. The lowest BCUT2D eigenvalue weighted by atomic mass is 9.90. The molecule has 1 unspecified atom stereocenters. The Hall–Kier alpha value is -0.820. The van der Waals surface area contributed by atoms with E-state index in [1.807, 2.05) is 0 Å². The number of rotatable bonds is 5. The van der Waals surface area contributed by atoms with Gasteiger partial charge in [-0.2, -0.15) is 0 Å². The van der Waals surface area contributed by atoms with E-state index in [1.165, 1.54) is 16.7 Å². The van der Waals surface area contributed by atoms with Crippen LogP contribution in [0.1, 0.15) is 64.3 Å². The second kappa shape index (κ2) is 5.18. The van der Waals surface area contributed by atoms with Gasteiger partial charge in [-0.25, -0.2) is 0 Å². The molecule has 1 N–H and O–H groups in total. The van der Waals surface area contributed by atoms with E-state index in [2.05, 4.69) is 72.1 Å². The minimum atomic E-state index is 0.411. The first-order chi connectivity index (χ1) is 9.31. The lowest BCUT2D eigenvalue weighted by molar-refractivity contribution is 0.435. The molecule has 1 saturated carbocycles. The molecule has 0 aliphatic heterocycles. The molecule has 0 aromatic heterocycles. The Morgan fingerprint density at radius 3 is 2.05 bits per heavy atom. The molecule has 2 rings (SSSR count). The van der Waals surface area contributed by atoms with Crippen LogP contribution in [-0.4, -0.2) is 7.05 Å². The average molecular weight is 273 g/mol. The third-order valence-corrected chi connectivity index (χ3v) is 6.11. The molecule has 0 spiro atoms. The van der Waals surface area contributed by atoms with Crippen molar-refractivity contribution in [2.45, 2.75) is 60.4 Å². The summed E-state index contributed by atoms with van der Waals surface area (Å²) in [6.45, 7) is 14.2. The topological polar surface area (TPSA) is 12.0 Å². The van der Waals surface area contributed by atoms with Crippen molar-refractivity contribution >= 4 is 0 Å². The molecule has 1 fully saturated rings. The van der Waals surface area contributed by atoms with E-state index in [0.717, 1.165) is 12.8 Å². The van der Waals surface area contributed by atoms with Gasteiger partial charge in [-0.15, -0.1) is 0 Å². The van der Waals surface area contributed by atoms with Crippen molar-refractivity contribution in [3.63, 3.8) is 0 Å². The Morgan fingerprint density at radius 1 is 1.05 bits per heavy atom. The van der Waals surface area contributed by atoms with Crippen molar-refractivity contribution in [1.82, 2.24) is 5.32 Å². The van der Waals surface area contributed by atoms with E-state index < -0.39 is 0 Å². The second-order valence-corrected chi connectivity index (χ2v) is 7.43. The zero-order chi connectivity index (χ0) is 15.1. The van der Waals surface area contributed by atoms with Crippen LogP contribution in [0.15, 0.2) is 18.2 Å². The van der Waals surface area contributed by atoms with Gasteiger partial charge in [0.15, 0.2) is 0 Å². The highest BCUT2D eigenvalue weighted by Crippen LogP contribution is 2.72. The van der Waals surface area contributed by atoms with Gasteiger partial charge in [-0.05, 0) is 53.3 Å². The standard InChI is InChI=1S/C19H31N/c1-8-13-10-11-14(9-2)15(12-13)16(20-7)17-18(3,4)19(17,5)6/h10-12,16-17,20H,8-9H2,1-7H3. The molecule has 1 atom stereocenters. The van der Waals surface area contributed by atoms with Crippen LogP contribution < -0.4 is 5.32 Å². The second-order valence-electron chi connectivity index (χ2n) is 7.43. The molecule has 1 aromatic carbocycles. The zero-order valence-electron chi connectivity index (χ0n) is 14.3. The van der Waals surface area contributed by atoms with E-state index in [1.54, 1.807) is 0 Å². The van der Waals surface area contributed by atoms with Gasteiger partial charge in [0.2, 0.25) is 0 Å². The quantitative estimate of drug-likeness (QED) is 0.816. The van der Waals surface area contributed by atoms with Crippen molar-refractivity contribution in [2.75, 3.05) is 7.05 Å². The Balaban J connectivity index is 2.43. The fraction of sp³-hybridized carbons (Fsp3) is 0.684. The number of hydrogen-bond donors (Lipinski definition) is 1. The minimum absolute atomic E-state index is 0.411. The fourth-order valence-electron chi connectivity index (χ4n) is 4.06. The van der Waals surface area contributed by atoms with Gasteiger partial charge in [0.05, 0.1) is 0 Å². The molecule has 1 aliphatic rings. The molecular weight excluding hydrogens is 242 g/mol. The molecule has 20 heavy (non-hydrogen) atoms. The van der Waals surface area contributed by atoms with Crippen molar-refractivity contribution in [2.24, 2.45) is 16.7 Å². The number of hydrogen-bond acceptors (Lipinski definition) is 1. The highest BCUT2D eigenvalue weighted by molar-refractivity contribution is 5.37. The normalized spacial score (nSPS) is 21.8. The summed E-state index contributed by atoms with van der Waals surface area (Å²) in [5, 5.41) is 3.62. The highest BCUT2D eigenvalue weighted by Gasteiger charge is 2.67. The average Bonchev–Trinajstić information content (AvgIpc) is 2.82. The van der Waals surface area contributed by atoms with Crippen LogP contribution in [0.4, 0.5) is 0 Å². The van der Waals surface area contributed by atoms with Gasteiger partial charge in [0.1, 0.15) is 0 Å². The van der Waals surface area contributed by atoms with Crippen LogP contribution >= 0.6 is 0 Å². The minimum Gasteiger partial charge on any atom is -0.313 e. The van der Waals surface area contributed by atoms with E-state index in [0.29, 0.717) is 22.8 Å². The van der Waals surface area contributed by atoms with E-state index >= 15 is 0 Å². The van der Waals surface area contributed by atoms with Gasteiger partial charge < -0.3 is 5.32 Å². The van der Waals surface area contributed by atoms with E-state index in [4.69, 9.17) is 0 Å². The van der Waals surface area contributed by atoms with Crippen LogP contribution in [0.2, 0.25) is 0 Å².